The number of carbonyl (C=O) groups is 1. The molecular weight excluding hydrogens is 296 g/mol. The van der Waals surface area contributed by atoms with Crippen molar-refractivity contribution in [2.24, 2.45) is 0 Å². The number of nitro groups is 1. The van der Waals surface area contributed by atoms with Crippen LogP contribution in [-0.2, 0) is 0 Å². The van der Waals surface area contributed by atoms with Gasteiger partial charge in [-0.2, -0.15) is 0 Å². The van der Waals surface area contributed by atoms with Crippen LogP contribution in [0.1, 0.15) is 10.4 Å². The first-order valence-electron chi connectivity index (χ1n) is 5.91. The van der Waals surface area contributed by atoms with E-state index in [1.807, 2.05) is 0 Å². The van der Waals surface area contributed by atoms with Crippen molar-refractivity contribution in [3.8, 4) is 0 Å². The molecule has 7 nitrogen and oxygen atoms in total. The van der Waals surface area contributed by atoms with Gasteiger partial charge in [-0.1, -0.05) is 17.7 Å². The predicted octanol–water partition coefficient (Wildman–Crippen LogP) is 2.94. The number of nitrogens with zero attached hydrogens (tertiary/aromatic N) is 2. The van der Waals surface area contributed by atoms with E-state index in [-0.39, 0.29) is 10.8 Å². The van der Waals surface area contributed by atoms with Gasteiger partial charge >= 0.3 is 0 Å². The van der Waals surface area contributed by atoms with Gasteiger partial charge in [0.1, 0.15) is 11.0 Å². The minimum atomic E-state index is -0.530. The molecule has 0 unspecified atom stereocenters. The van der Waals surface area contributed by atoms with Gasteiger partial charge < -0.3 is 10.6 Å². The fraction of sp³-hybridized carbons (Fsp3) is 0.0769. The standard InChI is InChI=1S/C13H11ClN4O3/c1-15-12-6-8(5-11(14)17-12)13(19)16-9-3-2-4-10(7-9)18(20)21/h2-7H,1H3,(H,15,17)(H,16,19). The van der Waals surface area contributed by atoms with Crippen molar-refractivity contribution in [1.29, 1.82) is 0 Å². The number of non-ortho nitro benzene ring substituents is 1. The van der Waals surface area contributed by atoms with E-state index in [9.17, 15) is 14.9 Å². The number of amides is 1. The topological polar surface area (TPSA) is 97.2 Å². The van der Waals surface area contributed by atoms with Crippen LogP contribution in [0, 0.1) is 10.1 Å². The van der Waals surface area contributed by atoms with E-state index in [2.05, 4.69) is 15.6 Å². The molecule has 2 aromatic rings. The second kappa shape index (κ2) is 6.19. The summed E-state index contributed by atoms with van der Waals surface area (Å²) in [5, 5.41) is 16.2. The van der Waals surface area contributed by atoms with E-state index >= 15 is 0 Å². The molecule has 1 amide bonds. The number of carbonyl (C=O) groups excluding carboxylic acids is 1. The zero-order valence-corrected chi connectivity index (χ0v) is 11.7. The average molecular weight is 307 g/mol. The summed E-state index contributed by atoms with van der Waals surface area (Å²) < 4.78 is 0. The highest BCUT2D eigenvalue weighted by Gasteiger charge is 2.11. The lowest BCUT2D eigenvalue weighted by Crippen LogP contribution is -2.12. The number of hydrogen-bond donors (Lipinski definition) is 2. The monoisotopic (exact) mass is 306 g/mol. The largest absolute Gasteiger partial charge is 0.373 e. The van der Waals surface area contributed by atoms with Crippen LogP contribution >= 0.6 is 11.6 Å². The molecule has 0 fully saturated rings. The molecule has 1 aromatic carbocycles. The summed E-state index contributed by atoms with van der Waals surface area (Å²) in [5.41, 5.74) is 0.524. The van der Waals surface area contributed by atoms with Crippen LogP contribution < -0.4 is 10.6 Å². The van der Waals surface area contributed by atoms with E-state index in [1.54, 1.807) is 13.1 Å². The smallest absolute Gasteiger partial charge is 0.271 e. The number of rotatable bonds is 4. The molecular formula is C13H11ClN4O3. The molecule has 2 rings (SSSR count). The number of halogens is 1. The number of nitrogens with one attached hydrogen (secondary N) is 2. The summed E-state index contributed by atoms with van der Waals surface area (Å²) in [4.78, 5) is 26.3. The van der Waals surface area contributed by atoms with Crippen LogP contribution in [0.25, 0.3) is 0 Å². The van der Waals surface area contributed by atoms with Crippen LogP contribution in [0.15, 0.2) is 36.4 Å². The molecule has 0 saturated carbocycles. The molecule has 0 bridgehead atoms. The molecule has 8 heteroatoms. The Morgan fingerprint density at radius 2 is 2.10 bits per heavy atom. The van der Waals surface area contributed by atoms with Gasteiger partial charge in [-0.25, -0.2) is 4.98 Å². The van der Waals surface area contributed by atoms with Gasteiger partial charge in [-0.3, -0.25) is 14.9 Å². The number of nitro benzene ring substituents is 1. The lowest BCUT2D eigenvalue weighted by Gasteiger charge is -2.07. The first kappa shape index (κ1) is 14.7. The molecule has 0 radical (unpaired) electrons. The van der Waals surface area contributed by atoms with Crippen molar-refractivity contribution in [1.82, 2.24) is 4.98 Å². The molecule has 1 aromatic heterocycles. The van der Waals surface area contributed by atoms with Gasteiger partial charge in [0, 0.05) is 30.4 Å². The number of hydrogen-bond acceptors (Lipinski definition) is 5. The Bertz CT molecular complexity index is 706. The van der Waals surface area contributed by atoms with Crippen molar-refractivity contribution in [3.63, 3.8) is 0 Å². The van der Waals surface area contributed by atoms with Crippen molar-refractivity contribution in [2.45, 2.75) is 0 Å². The molecule has 108 valence electrons. The van der Waals surface area contributed by atoms with Gasteiger partial charge in [-0.15, -0.1) is 0 Å². The highest BCUT2D eigenvalue weighted by Crippen LogP contribution is 2.19. The van der Waals surface area contributed by atoms with E-state index in [0.29, 0.717) is 17.1 Å². The molecule has 0 saturated heterocycles. The van der Waals surface area contributed by atoms with E-state index in [4.69, 9.17) is 11.6 Å². The maximum atomic E-state index is 12.1. The number of anilines is 2. The summed E-state index contributed by atoms with van der Waals surface area (Å²) in [5.74, 6) is 0.0167. The maximum absolute atomic E-state index is 12.1. The third kappa shape index (κ3) is 3.67. The molecule has 21 heavy (non-hydrogen) atoms. The van der Waals surface area contributed by atoms with Crippen molar-refractivity contribution < 1.29 is 9.72 Å². The zero-order valence-electron chi connectivity index (χ0n) is 11.0. The average Bonchev–Trinajstić information content (AvgIpc) is 2.46. The fourth-order valence-electron chi connectivity index (χ4n) is 1.66. The molecule has 0 aliphatic heterocycles. The second-order valence-electron chi connectivity index (χ2n) is 4.08. The zero-order chi connectivity index (χ0) is 15.4. The molecule has 0 aliphatic carbocycles. The van der Waals surface area contributed by atoms with Gasteiger partial charge in [0.05, 0.1) is 4.92 Å². The Morgan fingerprint density at radius 3 is 2.76 bits per heavy atom. The normalized spacial score (nSPS) is 10.0. The van der Waals surface area contributed by atoms with Crippen LogP contribution in [0.4, 0.5) is 17.2 Å². The summed E-state index contributed by atoms with van der Waals surface area (Å²) in [6, 6.07) is 8.62. The summed E-state index contributed by atoms with van der Waals surface area (Å²) in [6.45, 7) is 0. The van der Waals surface area contributed by atoms with Crippen LogP contribution in [0.5, 0.6) is 0 Å². The Morgan fingerprint density at radius 1 is 1.33 bits per heavy atom. The number of pyridine rings is 1. The summed E-state index contributed by atoms with van der Waals surface area (Å²) in [7, 11) is 1.65. The van der Waals surface area contributed by atoms with Gasteiger partial charge in [0.15, 0.2) is 0 Å². The van der Waals surface area contributed by atoms with Crippen LogP contribution in [0.2, 0.25) is 5.15 Å². The van der Waals surface area contributed by atoms with Crippen molar-refractivity contribution in [3.05, 3.63) is 57.2 Å². The number of benzene rings is 1. The van der Waals surface area contributed by atoms with Crippen LogP contribution in [-0.4, -0.2) is 22.9 Å². The molecule has 2 N–H and O–H groups in total. The minimum absolute atomic E-state index is 0.100. The molecule has 0 spiro atoms. The Hall–Kier alpha value is -2.67. The molecule has 1 heterocycles. The van der Waals surface area contributed by atoms with Gasteiger partial charge in [-0.05, 0) is 18.2 Å². The third-order valence-corrected chi connectivity index (χ3v) is 2.82. The number of aromatic nitrogens is 1. The van der Waals surface area contributed by atoms with Crippen molar-refractivity contribution in [2.75, 3.05) is 17.7 Å². The highest BCUT2D eigenvalue weighted by atomic mass is 35.5. The Kier molecular flexibility index (Phi) is 4.34. The van der Waals surface area contributed by atoms with Gasteiger partial charge in [0.25, 0.3) is 11.6 Å². The lowest BCUT2D eigenvalue weighted by atomic mass is 10.2. The lowest BCUT2D eigenvalue weighted by molar-refractivity contribution is -0.384. The first-order valence-corrected chi connectivity index (χ1v) is 6.28. The predicted molar refractivity (Wildman–Crippen MR) is 79.8 cm³/mol. The van der Waals surface area contributed by atoms with Gasteiger partial charge in [0.2, 0.25) is 0 Å². The highest BCUT2D eigenvalue weighted by molar-refractivity contribution is 6.30. The quantitative estimate of drug-likeness (QED) is 0.514. The molecule has 0 atom stereocenters. The van der Waals surface area contributed by atoms with E-state index in [0.717, 1.165) is 0 Å². The third-order valence-electron chi connectivity index (χ3n) is 2.63. The minimum Gasteiger partial charge on any atom is -0.373 e. The first-order chi connectivity index (χ1) is 9.99. The second-order valence-corrected chi connectivity index (χ2v) is 4.46. The fourth-order valence-corrected chi connectivity index (χ4v) is 1.87. The van der Waals surface area contributed by atoms with E-state index in [1.165, 1.54) is 30.3 Å². The Labute approximate surface area is 125 Å². The maximum Gasteiger partial charge on any atom is 0.271 e. The summed E-state index contributed by atoms with van der Waals surface area (Å²) >= 11 is 5.82. The van der Waals surface area contributed by atoms with E-state index < -0.39 is 10.8 Å². The van der Waals surface area contributed by atoms with Crippen molar-refractivity contribution >= 4 is 34.7 Å². The SMILES string of the molecule is CNc1cc(C(=O)Nc2cccc([N+](=O)[O-])c2)cc(Cl)n1. The van der Waals surface area contributed by atoms with Crippen LogP contribution in [0.3, 0.4) is 0 Å². The Balaban J connectivity index is 2.23. The molecule has 0 aliphatic rings. The summed E-state index contributed by atoms with van der Waals surface area (Å²) in [6.07, 6.45) is 0.